The Morgan fingerprint density at radius 3 is 2.90 bits per heavy atom. The average molecular weight is 156 g/mol. The van der Waals surface area contributed by atoms with Crippen molar-refractivity contribution in [2.24, 2.45) is 5.73 Å². The highest BCUT2D eigenvalue weighted by Crippen LogP contribution is 2.21. The molecule has 0 radical (unpaired) electrons. The van der Waals surface area contributed by atoms with Gasteiger partial charge in [-0.1, -0.05) is 0 Å². The Bertz CT molecular complexity index is 244. The molecule has 4 heteroatoms. The largest absolute Gasteiger partial charge is 0.468 e. The molecule has 1 aromatic heterocycles. The van der Waals surface area contributed by atoms with Gasteiger partial charge in [-0.2, -0.15) is 0 Å². The second-order valence-corrected chi connectivity index (χ2v) is 2.89. The highest BCUT2D eigenvalue weighted by molar-refractivity contribution is 8.13. The summed E-state index contributed by atoms with van der Waals surface area (Å²) in [7, 11) is 0. The highest BCUT2D eigenvalue weighted by Gasteiger charge is 2.01. The Morgan fingerprint density at radius 1 is 1.80 bits per heavy atom. The van der Waals surface area contributed by atoms with E-state index in [4.69, 9.17) is 15.6 Å². The topological polar surface area (TPSA) is 63.0 Å². The number of amidine groups is 1. The van der Waals surface area contributed by atoms with E-state index in [1.165, 1.54) is 11.8 Å². The van der Waals surface area contributed by atoms with Crippen LogP contribution in [0.3, 0.4) is 0 Å². The predicted molar refractivity (Wildman–Crippen MR) is 41.2 cm³/mol. The molecule has 0 unspecified atom stereocenters. The lowest BCUT2D eigenvalue weighted by Crippen LogP contribution is -2.02. The van der Waals surface area contributed by atoms with Crippen LogP contribution in [0.1, 0.15) is 5.76 Å². The van der Waals surface area contributed by atoms with Crippen molar-refractivity contribution in [3.63, 3.8) is 0 Å². The Kier molecular flexibility index (Phi) is 2.01. The molecule has 0 fully saturated rings. The molecule has 1 heterocycles. The maximum absolute atomic E-state index is 6.97. The molecule has 0 saturated heterocycles. The van der Waals surface area contributed by atoms with Gasteiger partial charge in [-0.05, 0) is 24.8 Å². The first kappa shape index (κ1) is 7.21. The van der Waals surface area contributed by atoms with Crippen molar-refractivity contribution in [1.29, 1.82) is 5.41 Å². The lowest BCUT2D eigenvalue weighted by molar-refractivity contribution is 0.527. The molecule has 0 spiro atoms. The number of nitrogens with one attached hydrogen (secondary N) is 1. The van der Waals surface area contributed by atoms with Gasteiger partial charge in [-0.3, -0.25) is 5.41 Å². The number of aryl methyl sites for hydroxylation is 1. The van der Waals surface area contributed by atoms with Crippen molar-refractivity contribution in [3.05, 3.63) is 18.1 Å². The van der Waals surface area contributed by atoms with Crippen LogP contribution >= 0.6 is 11.8 Å². The quantitative estimate of drug-likeness (QED) is 0.368. The van der Waals surface area contributed by atoms with E-state index in [0.717, 1.165) is 10.7 Å². The normalized spacial score (nSPS) is 9.70. The Hall–Kier alpha value is -0.900. The maximum atomic E-state index is 6.97. The van der Waals surface area contributed by atoms with Gasteiger partial charge in [0.05, 0.1) is 11.2 Å². The highest BCUT2D eigenvalue weighted by atomic mass is 32.2. The molecule has 3 N–H and O–H groups in total. The lowest BCUT2D eigenvalue weighted by atomic mass is 10.5. The van der Waals surface area contributed by atoms with Crippen molar-refractivity contribution in [2.75, 3.05) is 0 Å². The molecule has 0 atom stereocenters. The molecule has 1 aromatic rings. The van der Waals surface area contributed by atoms with Crippen LogP contribution in [0.2, 0.25) is 0 Å². The molecule has 10 heavy (non-hydrogen) atoms. The van der Waals surface area contributed by atoms with Gasteiger partial charge in [0.25, 0.3) is 0 Å². The van der Waals surface area contributed by atoms with Crippen molar-refractivity contribution >= 4 is 16.9 Å². The Labute approximate surface area is 63.1 Å². The fourth-order valence-electron chi connectivity index (χ4n) is 0.598. The molecule has 0 amide bonds. The van der Waals surface area contributed by atoms with Crippen LogP contribution in [0, 0.1) is 12.3 Å². The zero-order chi connectivity index (χ0) is 7.56. The first-order valence-electron chi connectivity index (χ1n) is 2.76. The summed E-state index contributed by atoms with van der Waals surface area (Å²) in [5.74, 6) is 0.806. The smallest absolute Gasteiger partial charge is 0.156 e. The van der Waals surface area contributed by atoms with Gasteiger partial charge in [-0.25, -0.2) is 0 Å². The van der Waals surface area contributed by atoms with E-state index in [1.807, 2.05) is 6.92 Å². The van der Waals surface area contributed by atoms with Crippen LogP contribution in [0.15, 0.2) is 21.6 Å². The minimum Gasteiger partial charge on any atom is -0.468 e. The van der Waals surface area contributed by atoms with E-state index in [-0.39, 0.29) is 5.17 Å². The number of nitrogens with two attached hydrogens (primary N) is 1. The van der Waals surface area contributed by atoms with Crippen LogP contribution in [0.25, 0.3) is 0 Å². The van der Waals surface area contributed by atoms with Crippen LogP contribution in [0.5, 0.6) is 0 Å². The molecule has 0 aromatic carbocycles. The third kappa shape index (κ3) is 1.54. The average Bonchev–Trinajstić information content (AvgIpc) is 2.15. The van der Waals surface area contributed by atoms with Crippen molar-refractivity contribution in [1.82, 2.24) is 0 Å². The van der Waals surface area contributed by atoms with E-state index >= 15 is 0 Å². The van der Waals surface area contributed by atoms with Gasteiger partial charge >= 0.3 is 0 Å². The summed E-state index contributed by atoms with van der Waals surface area (Å²) in [6.07, 6.45) is 1.58. The van der Waals surface area contributed by atoms with Crippen LogP contribution in [-0.2, 0) is 0 Å². The first-order chi connectivity index (χ1) is 4.70. The van der Waals surface area contributed by atoms with E-state index in [1.54, 1.807) is 12.3 Å². The third-order valence-corrected chi connectivity index (χ3v) is 1.89. The molecule has 0 aliphatic carbocycles. The van der Waals surface area contributed by atoms with Gasteiger partial charge in [0.2, 0.25) is 0 Å². The molecule has 0 saturated carbocycles. The number of hydrogen-bond donors (Lipinski definition) is 2. The van der Waals surface area contributed by atoms with Crippen LogP contribution in [0.4, 0.5) is 0 Å². The third-order valence-electron chi connectivity index (χ3n) is 1.03. The fourth-order valence-corrected chi connectivity index (χ4v) is 1.15. The van der Waals surface area contributed by atoms with Crippen molar-refractivity contribution in [3.8, 4) is 0 Å². The van der Waals surface area contributed by atoms with Crippen molar-refractivity contribution < 1.29 is 4.42 Å². The zero-order valence-electron chi connectivity index (χ0n) is 5.55. The number of rotatable bonds is 1. The van der Waals surface area contributed by atoms with Gasteiger partial charge in [0, 0.05) is 0 Å². The maximum Gasteiger partial charge on any atom is 0.156 e. The van der Waals surface area contributed by atoms with Crippen molar-refractivity contribution in [2.45, 2.75) is 11.8 Å². The molecule has 0 bridgehead atoms. The van der Waals surface area contributed by atoms with Gasteiger partial charge in [-0.15, -0.1) is 0 Å². The molecule has 0 aliphatic heterocycles. The number of furan rings is 1. The predicted octanol–water partition coefficient (Wildman–Crippen LogP) is 1.57. The standard InChI is InChI=1S/C6H8N2OS/c1-4-5(2-3-9-4)10-6(7)8/h2-3H,1H3,(H3,7,8). The number of thioether (sulfide) groups is 1. The minimum absolute atomic E-state index is 0.0875. The first-order valence-corrected chi connectivity index (χ1v) is 3.58. The van der Waals surface area contributed by atoms with E-state index in [0.29, 0.717) is 0 Å². The lowest BCUT2D eigenvalue weighted by Gasteiger charge is -1.92. The van der Waals surface area contributed by atoms with Gasteiger partial charge < -0.3 is 10.2 Å². The van der Waals surface area contributed by atoms with E-state index < -0.39 is 0 Å². The molecule has 1 rings (SSSR count). The summed E-state index contributed by atoms with van der Waals surface area (Å²) in [6, 6.07) is 1.79. The second-order valence-electron chi connectivity index (χ2n) is 1.81. The molecular formula is C6H8N2OS. The summed E-state index contributed by atoms with van der Waals surface area (Å²) in [5.41, 5.74) is 5.16. The minimum atomic E-state index is 0.0875. The molecule has 0 aliphatic rings. The summed E-state index contributed by atoms with van der Waals surface area (Å²) in [4.78, 5) is 0.910. The Morgan fingerprint density at radius 2 is 2.50 bits per heavy atom. The Balaban J connectivity index is 2.74. The molecule has 54 valence electrons. The number of hydrogen-bond acceptors (Lipinski definition) is 3. The summed E-state index contributed by atoms with van der Waals surface area (Å²) in [5, 5.41) is 7.05. The van der Waals surface area contributed by atoms with Crippen LogP contribution in [-0.4, -0.2) is 5.17 Å². The second kappa shape index (κ2) is 2.79. The van der Waals surface area contributed by atoms with E-state index in [2.05, 4.69) is 0 Å². The summed E-state index contributed by atoms with van der Waals surface area (Å²) in [6.45, 7) is 1.84. The van der Waals surface area contributed by atoms with Crippen LogP contribution < -0.4 is 5.73 Å². The SMILES string of the molecule is Cc1occc1SC(=N)N. The molecule has 3 nitrogen and oxygen atoms in total. The zero-order valence-corrected chi connectivity index (χ0v) is 6.37. The monoisotopic (exact) mass is 156 g/mol. The molecular weight excluding hydrogens is 148 g/mol. The van der Waals surface area contributed by atoms with E-state index in [9.17, 15) is 0 Å². The van der Waals surface area contributed by atoms with Gasteiger partial charge in [0.1, 0.15) is 5.76 Å². The fraction of sp³-hybridized carbons (Fsp3) is 0.167. The summed E-state index contributed by atoms with van der Waals surface area (Å²) >= 11 is 1.20. The summed E-state index contributed by atoms with van der Waals surface area (Å²) < 4.78 is 4.99. The van der Waals surface area contributed by atoms with Gasteiger partial charge in [0.15, 0.2) is 5.17 Å².